The normalized spacial score (nSPS) is 18.0. The minimum atomic E-state index is -1.47. The molecular weight excluding hydrogens is 443 g/mol. The monoisotopic (exact) mass is 462 g/mol. The third kappa shape index (κ3) is 4.50. The third-order valence-corrected chi connectivity index (χ3v) is 5.70. The second kappa shape index (κ2) is 8.56. The minimum Gasteiger partial charge on any atom is -0.319 e. The van der Waals surface area contributed by atoms with E-state index in [0.717, 1.165) is 16.0 Å². The van der Waals surface area contributed by atoms with Gasteiger partial charge in [-0.3, -0.25) is 19.8 Å². The van der Waals surface area contributed by atoms with Gasteiger partial charge < -0.3 is 10.6 Å². The summed E-state index contributed by atoms with van der Waals surface area (Å²) in [5.74, 6) is -1.50. The van der Waals surface area contributed by atoms with Gasteiger partial charge in [-0.25, -0.2) is 9.59 Å². The number of halogens is 2. The van der Waals surface area contributed by atoms with Crippen LogP contribution in [0.15, 0.2) is 36.4 Å². The number of amides is 6. The first-order valence-corrected chi connectivity index (χ1v) is 10.0. The summed E-state index contributed by atoms with van der Waals surface area (Å²) in [5.41, 5.74) is 1.25. The number of anilines is 1. The Kier molecular flexibility index (Phi) is 6.24. The van der Waals surface area contributed by atoms with Crippen molar-refractivity contribution in [2.24, 2.45) is 0 Å². The summed E-state index contributed by atoms with van der Waals surface area (Å²) in [5, 5.41) is 7.82. The van der Waals surface area contributed by atoms with Crippen molar-refractivity contribution in [2.45, 2.75) is 26.3 Å². The average Bonchev–Trinajstić information content (AvgIpc) is 2.89. The standard InChI is InChI=1S/C21H20Cl2N4O4/c1-11-5-4-6-16(12(11)2)24-19(30)25-17(28)10-27-18(29)21(3,26-20(27)31)14-8-7-13(22)9-15(14)23/h4-9H,10H2,1-3H3,(H,26,31)(H2,24,25,28,30). The van der Waals surface area contributed by atoms with Crippen LogP contribution >= 0.6 is 23.2 Å². The summed E-state index contributed by atoms with van der Waals surface area (Å²) in [7, 11) is 0. The first-order chi connectivity index (χ1) is 14.5. The van der Waals surface area contributed by atoms with Gasteiger partial charge in [-0.2, -0.15) is 0 Å². The molecule has 3 rings (SSSR count). The predicted molar refractivity (Wildman–Crippen MR) is 117 cm³/mol. The highest BCUT2D eigenvalue weighted by atomic mass is 35.5. The zero-order valence-electron chi connectivity index (χ0n) is 17.0. The lowest BCUT2D eigenvalue weighted by Gasteiger charge is -2.23. The maximum atomic E-state index is 12.9. The number of nitrogens with zero attached hydrogens (tertiary/aromatic N) is 1. The maximum absolute atomic E-state index is 12.9. The first kappa shape index (κ1) is 22.6. The lowest BCUT2D eigenvalue weighted by atomic mass is 9.92. The van der Waals surface area contributed by atoms with Crippen LogP contribution in [0.4, 0.5) is 15.3 Å². The maximum Gasteiger partial charge on any atom is 0.325 e. The molecule has 1 heterocycles. The molecule has 2 aromatic carbocycles. The van der Waals surface area contributed by atoms with E-state index >= 15 is 0 Å². The van der Waals surface area contributed by atoms with Crippen LogP contribution < -0.4 is 16.0 Å². The van der Waals surface area contributed by atoms with E-state index in [9.17, 15) is 19.2 Å². The van der Waals surface area contributed by atoms with Gasteiger partial charge in [-0.15, -0.1) is 0 Å². The van der Waals surface area contributed by atoms with Crippen LogP contribution in [0.5, 0.6) is 0 Å². The Hall–Kier alpha value is -3.10. The summed E-state index contributed by atoms with van der Waals surface area (Å²) in [6.45, 7) is 4.58. The molecule has 1 unspecified atom stereocenters. The Labute approximate surface area is 188 Å². The Morgan fingerprint density at radius 1 is 1.13 bits per heavy atom. The summed E-state index contributed by atoms with van der Waals surface area (Å²) < 4.78 is 0. The fourth-order valence-corrected chi connectivity index (χ4v) is 3.87. The summed E-state index contributed by atoms with van der Waals surface area (Å²) in [6, 6.07) is 8.35. The van der Waals surface area contributed by atoms with E-state index in [1.54, 1.807) is 18.2 Å². The summed E-state index contributed by atoms with van der Waals surface area (Å²) >= 11 is 12.1. The number of rotatable bonds is 4. The molecule has 0 bridgehead atoms. The predicted octanol–water partition coefficient (Wildman–Crippen LogP) is 3.73. The van der Waals surface area contributed by atoms with Gasteiger partial charge in [0.15, 0.2) is 0 Å². The van der Waals surface area contributed by atoms with Crippen molar-refractivity contribution in [3.8, 4) is 0 Å². The number of carbonyl (C=O) groups excluding carboxylic acids is 4. The molecule has 0 aromatic heterocycles. The van der Waals surface area contributed by atoms with Gasteiger partial charge in [-0.1, -0.05) is 41.4 Å². The van der Waals surface area contributed by atoms with E-state index in [1.165, 1.54) is 19.1 Å². The van der Waals surface area contributed by atoms with E-state index in [-0.39, 0.29) is 5.02 Å². The molecule has 31 heavy (non-hydrogen) atoms. The van der Waals surface area contributed by atoms with Crippen molar-refractivity contribution < 1.29 is 19.2 Å². The highest BCUT2D eigenvalue weighted by Crippen LogP contribution is 2.34. The van der Waals surface area contributed by atoms with E-state index in [0.29, 0.717) is 16.3 Å². The zero-order valence-corrected chi connectivity index (χ0v) is 18.5. The Morgan fingerprint density at radius 2 is 1.84 bits per heavy atom. The topological polar surface area (TPSA) is 108 Å². The van der Waals surface area contributed by atoms with E-state index < -0.39 is 36.0 Å². The van der Waals surface area contributed by atoms with Crippen molar-refractivity contribution in [1.82, 2.24) is 15.5 Å². The summed E-state index contributed by atoms with van der Waals surface area (Å²) in [6.07, 6.45) is 0. The second-order valence-electron chi connectivity index (χ2n) is 7.32. The van der Waals surface area contributed by atoms with Crippen molar-refractivity contribution in [2.75, 3.05) is 11.9 Å². The van der Waals surface area contributed by atoms with Crippen LogP contribution in [0.25, 0.3) is 0 Å². The number of aryl methyl sites for hydroxylation is 1. The molecule has 0 spiro atoms. The molecule has 1 saturated heterocycles. The van der Waals surface area contributed by atoms with Gasteiger partial charge in [0.05, 0.1) is 0 Å². The molecule has 0 aliphatic carbocycles. The molecule has 1 aliphatic heterocycles. The van der Waals surface area contributed by atoms with Crippen LogP contribution in [-0.4, -0.2) is 35.3 Å². The molecule has 1 aliphatic rings. The molecule has 2 aromatic rings. The number of hydrogen-bond donors (Lipinski definition) is 3. The first-order valence-electron chi connectivity index (χ1n) is 9.29. The Morgan fingerprint density at radius 3 is 2.52 bits per heavy atom. The quantitative estimate of drug-likeness (QED) is 0.601. The molecule has 0 radical (unpaired) electrons. The number of nitrogens with one attached hydrogen (secondary N) is 3. The molecule has 0 saturated carbocycles. The number of benzene rings is 2. The number of carbonyl (C=O) groups is 4. The zero-order chi connectivity index (χ0) is 22.9. The van der Waals surface area contributed by atoms with Crippen molar-refractivity contribution in [3.63, 3.8) is 0 Å². The number of urea groups is 2. The van der Waals surface area contributed by atoms with Gasteiger partial charge in [-0.05, 0) is 50.1 Å². The van der Waals surface area contributed by atoms with Gasteiger partial charge in [0.2, 0.25) is 5.91 Å². The summed E-state index contributed by atoms with van der Waals surface area (Å²) in [4.78, 5) is 50.5. The number of hydrogen-bond acceptors (Lipinski definition) is 4. The molecule has 6 amide bonds. The SMILES string of the molecule is Cc1cccc(NC(=O)NC(=O)CN2C(=O)NC(C)(c3ccc(Cl)cc3Cl)C2=O)c1C. The molecule has 1 fully saturated rings. The molecule has 3 N–H and O–H groups in total. The lowest BCUT2D eigenvalue weighted by Crippen LogP contribution is -2.45. The van der Waals surface area contributed by atoms with Crippen LogP contribution in [-0.2, 0) is 15.1 Å². The molecule has 10 heteroatoms. The third-order valence-electron chi connectivity index (χ3n) is 5.15. The van der Waals surface area contributed by atoms with E-state index in [1.807, 2.05) is 19.9 Å². The molecular formula is C21H20Cl2N4O4. The molecule has 8 nitrogen and oxygen atoms in total. The lowest BCUT2D eigenvalue weighted by molar-refractivity contribution is -0.134. The second-order valence-corrected chi connectivity index (χ2v) is 8.16. The Bertz CT molecular complexity index is 1100. The van der Waals surface area contributed by atoms with Gasteiger partial charge in [0.1, 0.15) is 12.1 Å². The van der Waals surface area contributed by atoms with Crippen LogP contribution in [0, 0.1) is 13.8 Å². The largest absolute Gasteiger partial charge is 0.325 e. The van der Waals surface area contributed by atoms with Crippen molar-refractivity contribution in [1.29, 1.82) is 0 Å². The van der Waals surface area contributed by atoms with E-state index in [2.05, 4.69) is 16.0 Å². The average molecular weight is 463 g/mol. The number of imide groups is 2. The van der Waals surface area contributed by atoms with Gasteiger partial charge in [0.25, 0.3) is 5.91 Å². The van der Waals surface area contributed by atoms with Crippen LogP contribution in [0.2, 0.25) is 10.0 Å². The molecule has 1 atom stereocenters. The van der Waals surface area contributed by atoms with Gasteiger partial charge >= 0.3 is 12.1 Å². The van der Waals surface area contributed by atoms with E-state index in [4.69, 9.17) is 23.2 Å². The van der Waals surface area contributed by atoms with Gasteiger partial charge in [0, 0.05) is 21.3 Å². The van der Waals surface area contributed by atoms with Crippen molar-refractivity contribution in [3.05, 3.63) is 63.1 Å². The highest BCUT2D eigenvalue weighted by Gasteiger charge is 2.50. The van der Waals surface area contributed by atoms with Crippen LogP contribution in [0.3, 0.4) is 0 Å². The smallest absolute Gasteiger partial charge is 0.319 e. The fourth-order valence-electron chi connectivity index (χ4n) is 3.27. The highest BCUT2D eigenvalue weighted by molar-refractivity contribution is 6.35. The fraction of sp³-hybridized carbons (Fsp3) is 0.238. The van der Waals surface area contributed by atoms with Crippen molar-refractivity contribution >= 4 is 52.8 Å². The van der Waals surface area contributed by atoms with Crippen LogP contribution in [0.1, 0.15) is 23.6 Å². The minimum absolute atomic E-state index is 0.197. The molecule has 162 valence electrons. The Balaban J connectivity index is 1.68.